The van der Waals surface area contributed by atoms with Crippen molar-refractivity contribution in [1.29, 1.82) is 0 Å². The van der Waals surface area contributed by atoms with Crippen molar-refractivity contribution in [3.05, 3.63) is 23.8 Å². The fourth-order valence-electron chi connectivity index (χ4n) is 3.88. The molecular formula is C19H27N5O2S. The standard InChI is InChI=1S/C19H27N5O2S/c20-18-19(23-27-22-18)21-9-5-12-25-16-7-4-6-14-15(8-13-26-17(14)16)24-10-2-1-3-11-24/h4,6-7,15H,1-3,5,8-13H2,(H2,20,22)(H,21,23). The topological polar surface area (TPSA) is 85.5 Å². The van der Waals surface area contributed by atoms with Crippen molar-refractivity contribution in [2.24, 2.45) is 0 Å². The van der Waals surface area contributed by atoms with Crippen LogP contribution in [-0.4, -0.2) is 46.5 Å². The molecule has 0 aliphatic carbocycles. The molecule has 2 aromatic rings. The van der Waals surface area contributed by atoms with Crippen LogP contribution in [0.3, 0.4) is 0 Å². The molecule has 0 spiro atoms. The number of nitrogens with two attached hydrogens (primary N) is 1. The third-order valence-electron chi connectivity index (χ3n) is 5.22. The Morgan fingerprint density at radius 1 is 1.26 bits per heavy atom. The van der Waals surface area contributed by atoms with Crippen molar-refractivity contribution < 1.29 is 9.47 Å². The van der Waals surface area contributed by atoms with Crippen LogP contribution >= 0.6 is 11.7 Å². The van der Waals surface area contributed by atoms with Crippen LogP contribution in [-0.2, 0) is 0 Å². The normalized spacial score (nSPS) is 19.9. The molecule has 4 rings (SSSR count). The summed E-state index contributed by atoms with van der Waals surface area (Å²) < 4.78 is 20.1. The van der Waals surface area contributed by atoms with Crippen molar-refractivity contribution in [3.63, 3.8) is 0 Å². The maximum absolute atomic E-state index is 6.04. The summed E-state index contributed by atoms with van der Waals surface area (Å²) in [6.45, 7) is 4.48. The number of para-hydroxylation sites is 1. The van der Waals surface area contributed by atoms with E-state index in [0.717, 1.165) is 49.2 Å². The van der Waals surface area contributed by atoms with Crippen LogP contribution in [0.4, 0.5) is 11.6 Å². The molecule has 1 unspecified atom stereocenters. The van der Waals surface area contributed by atoms with E-state index in [1.165, 1.54) is 37.9 Å². The average molecular weight is 390 g/mol. The Labute approximate surface area is 164 Å². The first-order valence-electron chi connectivity index (χ1n) is 9.77. The van der Waals surface area contributed by atoms with Crippen molar-refractivity contribution >= 4 is 23.4 Å². The van der Waals surface area contributed by atoms with E-state index in [2.05, 4.69) is 31.1 Å². The maximum atomic E-state index is 6.04. The number of ether oxygens (including phenoxy) is 2. The van der Waals surface area contributed by atoms with E-state index in [4.69, 9.17) is 15.2 Å². The van der Waals surface area contributed by atoms with Crippen LogP contribution in [0, 0.1) is 0 Å². The molecule has 3 N–H and O–H groups in total. The number of nitrogen functional groups attached to an aromatic ring is 1. The number of rotatable bonds is 7. The first kappa shape index (κ1) is 18.3. The fourth-order valence-corrected chi connectivity index (χ4v) is 4.33. The van der Waals surface area contributed by atoms with Crippen molar-refractivity contribution in [2.75, 3.05) is 43.9 Å². The molecule has 0 bridgehead atoms. The SMILES string of the molecule is Nc1nsnc1NCCCOc1cccc2c1OCCC2N1CCCCC1. The number of nitrogens with zero attached hydrogens (tertiary/aromatic N) is 3. The van der Waals surface area contributed by atoms with E-state index in [1.807, 2.05) is 6.07 Å². The highest BCUT2D eigenvalue weighted by Gasteiger charge is 2.29. The van der Waals surface area contributed by atoms with Gasteiger partial charge in [-0.05, 0) is 38.4 Å². The van der Waals surface area contributed by atoms with Gasteiger partial charge in [-0.2, -0.15) is 8.75 Å². The maximum Gasteiger partial charge on any atom is 0.184 e. The van der Waals surface area contributed by atoms with Gasteiger partial charge in [-0.15, -0.1) is 0 Å². The lowest BCUT2D eigenvalue weighted by Gasteiger charge is -2.38. The Balaban J connectivity index is 1.34. The number of hydrogen-bond donors (Lipinski definition) is 2. The van der Waals surface area contributed by atoms with Gasteiger partial charge in [0, 0.05) is 24.6 Å². The Morgan fingerprint density at radius 3 is 2.96 bits per heavy atom. The quantitative estimate of drug-likeness (QED) is 0.703. The smallest absolute Gasteiger partial charge is 0.184 e. The Bertz CT molecular complexity index is 747. The van der Waals surface area contributed by atoms with Crippen LogP contribution in [0.2, 0.25) is 0 Å². The molecule has 1 atom stereocenters. The molecule has 2 aliphatic heterocycles. The van der Waals surface area contributed by atoms with E-state index in [9.17, 15) is 0 Å². The lowest BCUT2D eigenvalue weighted by Crippen LogP contribution is -2.36. The lowest BCUT2D eigenvalue weighted by molar-refractivity contribution is 0.116. The van der Waals surface area contributed by atoms with Gasteiger partial charge in [0.15, 0.2) is 23.1 Å². The number of anilines is 2. The van der Waals surface area contributed by atoms with Crippen LogP contribution in [0.5, 0.6) is 11.5 Å². The first-order valence-corrected chi connectivity index (χ1v) is 10.5. The molecule has 0 amide bonds. The predicted octanol–water partition coefficient (Wildman–Crippen LogP) is 3.31. The van der Waals surface area contributed by atoms with Crippen LogP contribution in [0.25, 0.3) is 0 Å². The number of piperidine rings is 1. The molecule has 27 heavy (non-hydrogen) atoms. The predicted molar refractivity (Wildman–Crippen MR) is 108 cm³/mol. The highest BCUT2D eigenvalue weighted by atomic mass is 32.1. The number of aromatic nitrogens is 2. The van der Waals surface area contributed by atoms with Gasteiger partial charge in [0.25, 0.3) is 0 Å². The van der Waals surface area contributed by atoms with Crippen molar-refractivity contribution in [2.45, 2.75) is 38.1 Å². The summed E-state index contributed by atoms with van der Waals surface area (Å²) in [5.41, 5.74) is 7.00. The minimum Gasteiger partial charge on any atom is -0.490 e. The largest absolute Gasteiger partial charge is 0.490 e. The van der Waals surface area contributed by atoms with Gasteiger partial charge in [-0.3, -0.25) is 4.90 Å². The molecular weight excluding hydrogens is 362 g/mol. The zero-order valence-corrected chi connectivity index (χ0v) is 16.3. The summed E-state index contributed by atoms with van der Waals surface area (Å²) in [4.78, 5) is 2.62. The third-order valence-corrected chi connectivity index (χ3v) is 5.77. The molecule has 0 saturated carbocycles. The van der Waals surface area contributed by atoms with Crippen molar-refractivity contribution in [1.82, 2.24) is 13.6 Å². The van der Waals surface area contributed by atoms with Gasteiger partial charge in [0.1, 0.15) is 0 Å². The number of fused-ring (bicyclic) bond motifs is 1. The molecule has 146 valence electrons. The molecule has 2 aliphatic rings. The molecule has 7 nitrogen and oxygen atoms in total. The highest BCUT2D eigenvalue weighted by molar-refractivity contribution is 6.99. The zero-order valence-electron chi connectivity index (χ0n) is 15.5. The zero-order chi connectivity index (χ0) is 18.5. The van der Waals surface area contributed by atoms with Crippen molar-refractivity contribution in [3.8, 4) is 11.5 Å². The van der Waals surface area contributed by atoms with Crippen LogP contribution in [0.1, 0.15) is 43.7 Å². The van der Waals surface area contributed by atoms with E-state index in [-0.39, 0.29) is 0 Å². The molecule has 1 saturated heterocycles. The fraction of sp³-hybridized carbons (Fsp3) is 0.579. The van der Waals surface area contributed by atoms with Crippen LogP contribution in [0.15, 0.2) is 18.2 Å². The van der Waals surface area contributed by atoms with E-state index < -0.39 is 0 Å². The van der Waals surface area contributed by atoms with Gasteiger partial charge in [0.2, 0.25) is 0 Å². The molecule has 8 heteroatoms. The Hall–Kier alpha value is -2.06. The van der Waals surface area contributed by atoms with E-state index in [1.54, 1.807) is 0 Å². The molecule has 1 fully saturated rings. The summed E-state index contributed by atoms with van der Waals surface area (Å²) >= 11 is 1.11. The monoisotopic (exact) mass is 389 g/mol. The van der Waals surface area contributed by atoms with Gasteiger partial charge in [-0.1, -0.05) is 18.6 Å². The lowest BCUT2D eigenvalue weighted by atomic mass is 9.96. The second-order valence-corrected chi connectivity index (χ2v) is 7.58. The Morgan fingerprint density at radius 2 is 2.15 bits per heavy atom. The Kier molecular flexibility index (Phi) is 5.94. The third kappa shape index (κ3) is 4.27. The van der Waals surface area contributed by atoms with Gasteiger partial charge >= 0.3 is 0 Å². The first-order chi connectivity index (χ1) is 13.3. The second-order valence-electron chi connectivity index (χ2n) is 7.05. The van der Waals surface area contributed by atoms with Crippen LogP contribution < -0.4 is 20.5 Å². The van der Waals surface area contributed by atoms with E-state index >= 15 is 0 Å². The minimum absolute atomic E-state index is 0.454. The number of hydrogen-bond acceptors (Lipinski definition) is 8. The number of benzene rings is 1. The summed E-state index contributed by atoms with van der Waals surface area (Å²) in [6.07, 6.45) is 5.86. The summed E-state index contributed by atoms with van der Waals surface area (Å²) in [7, 11) is 0. The molecule has 0 radical (unpaired) electrons. The second kappa shape index (κ2) is 8.75. The molecule has 1 aromatic carbocycles. The van der Waals surface area contributed by atoms with E-state index in [0.29, 0.717) is 24.3 Å². The number of nitrogens with one attached hydrogen (secondary N) is 1. The van der Waals surface area contributed by atoms with Gasteiger partial charge in [0.05, 0.1) is 24.9 Å². The summed E-state index contributed by atoms with van der Waals surface area (Å²) in [5.74, 6) is 2.89. The summed E-state index contributed by atoms with van der Waals surface area (Å²) in [6, 6.07) is 6.74. The minimum atomic E-state index is 0.454. The van der Waals surface area contributed by atoms with Gasteiger partial charge < -0.3 is 20.5 Å². The molecule has 1 aromatic heterocycles. The average Bonchev–Trinajstić information content (AvgIpc) is 3.13. The molecule has 3 heterocycles. The van der Waals surface area contributed by atoms with Gasteiger partial charge in [-0.25, -0.2) is 0 Å². The highest BCUT2D eigenvalue weighted by Crippen LogP contribution is 2.42. The summed E-state index contributed by atoms with van der Waals surface area (Å²) in [5, 5.41) is 3.19. The number of likely N-dealkylation sites (tertiary alicyclic amines) is 1.